The topological polar surface area (TPSA) is 35.5 Å². The molecule has 1 aromatic carbocycles. The van der Waals surface area contributed by atoms with E-state index < -0.39 is 11.8 Å². The van der Waals surface area contributed by atoms with Crippen molar-refractivity contribution in [1.29, 1.82) is 0 Å². The number of hydrogen-bond donors (Lipinski definition) is 0. The van der Waals surface area contributed by atoms with Crippen molar-refractivity contribution in [2.45, 2.75) is 20.8 Å². The SMILES string of the molecule is CC.COC(=O)c1cc(C)c(F)cc1OC. The van der Waals surface area contributed by atoms with Crippen molar-refractivity contribution < 1.29 is 18.7 Å². The molecule has 0 N–H and O–H groups in total. The Bertz CT molecular complexity index is 362. The fourth-order valence-electron chi connectivity index (χ4n) is 1.10. The van der Waals surface area contributed by atoms with Crippen LogP contribution in [0.5, 0.6) is 5.75 Å². The molecule has 0 heterocycles. The number of carbonyl (C=O) groups is 1. The van der Waals surface area contributed by atoms with Crippen molar-refractivity contribution in [1.82, 2.24) is 0 Å². The van der Waals surface area contributed by atoms with Gasteiger partial charge in [-0.2, -0.15) is 0 Å². The Hall–Kier alpha value is -1.58. The lowest BCUT2D eigenvalue weighted by Crippen LogP contribution is -2.05. The average Bonchev–Trinajstić information content (AvgIpc) is 2.33. The maximum Gasteiger partial charge on any atom is 0.341 e. The first-order chi connectivity index (χ1) is 7.60. The third kappa shape index (κ3) is 3.22. The molecular weight excluding hydrogens is 211 g/mol. The largest absolute Gasteiger partial charge is 0.496 e. The molecule has 16 heavy (non-hydrogen) atoms. The van der Waals surface area contributed by atoms with Gasteiger partial charge >= 0.3 is 5.97 Å². The van der Waals surface area contributed by atoms with Crippen molar-refractivity contribution in [3.63, 3.8) is 0 Å². The van der Waals surface area contributed by atoms with E-state index in [9.17, 15) is 9.18 Å². The molecule has 1 aromatic rings. The third-order valence-electron chi connectivity index (χ3n) is 1.89. The zero-order valence-electron chi connectivity index (χ0n) is 10.3. The van der Waals surface area contributed by atoms with Gasteiger partial charge in [-0.05, 0) is 18.6 Å². The highest BCUT2D eigenvalue weighted by Crippen LogP contribution is 2.22. The summed E-state index contributed by atoms with van der Waals surface area (Å²) in [4.78, 5) is 11.2. The Labute approximate surface area is 95.2 Å². The summed E-state index contributed by atoms with van der Waals surface area (Å²) in [5, 5.41) is 0. The van der Waals surface area contributed by atoms with Gasteiger partial charge in [0.05, 0.1) is 14.2 Å². The lowest BCUT2D eigenvalue weighted by Gasteiger charge is -2.08. The second-order valence-electron chi connectivity index (χ2n) is 2.79. The zero-order valence-corrected chi connectivity index (χ0v) is 10.3. The van der Waals surface area contributed by atoms with E-state index in [1.54, 1.807) is 6.92 Å². The molecule has 0 atom stereocenters. The fraction of sp³-hybridized carbons (Fsp3) is 0.417. The number of aryl methyl sites for hydroxylation is 1. The zero-order chi connectivity index (χ0) is 12.7. The van der Waals surface area contributed by atoms with Gasteiger partial charge in [0, 0.05) is 6.07 Å². The van der Waals surface area contributed by atoms with E-state index in [4.69, 9.17) is 4.74 Å². The van der Waals surface area contributed by atoms with Gasteiger partial charge in [0.15, 0.2) is 0 Å². The summed E-state index contributed by atoms with van der Waals surface area (Å²) in [6.45, 7) is 5.57. The first kappa shape index (κ1) is 14.4. The molecule has 4 heteroatoms. The first-order valence-corrected chi connectivity index (χ1v) is 5.02. The predicted octanol–water partition coefficient (Wildman–Crippen LogP) is 2.96. The van der Waals surface area contributed by atoms with Gasteiger partial charge in [0.2, 0.25) is 0 Å². The van der Waals surface area contributed by atoms with Crippen LogP contribution in [0.3, 0.4) is 0 Å². The van der Waals surface area contributed by atoms with Gasteiger partial charge < -0.3 is 9.47 Å². The first-order valence-electron chi connectivity index (χ1n) is 5.02. The number of methoxy groups -OCH3 is 2. The quantitative estimate of drug-likeness (QED) is 0.730. The van der Waals surface area contributed by atoms with Crippen molar-refractivity contribution in [3.05, 3.63) is 29.1 Å². The van der Waals surface area contributed by atoms with E-state index in [0.29, 0.717) is 5.56 Å². The molecule has 0 bridgehead atoms. The Balaban J connectivity index is 0.00000106. The molecule has 3 nitrogen and oxygen atoms in total. The van der Waals surface area contributed by atoms with Crippen molar-refractivity contribution in [3.8, 4) is 5.75 Å². The van der Waals surface area contributed by atoms with E-state index in [-0.39, 0.29) is 11.3 Å². The standard InChI is InChI=1S/C10H11FO3.C2H6/c1-6-4-7(10(12)14-3)9(13-2)5-8(6)11;1-2/h4-5H,1-3H3;1-2H3. The molecular formula is C12H17FO3. The molecule has 0 aliphatic carbocycles. The molecule has 0 saturated heterocycles. The van der Waals surface area contributed by atoms with Crippen molar-refractivity contribution >= 4 is 5.97 Å². The van der Waals surface area contributed by atoms with Crippen LogP contribution in [-0.4, -0.2) is 20.2 Å². The van der Waals surface area contributed by atoms with Crippen LogP contribution in [0.4, 0.5) is 4.39 Å². The number of benzene rings is 1. The van der Waals surface area contributed by atoms with Crippen LogP contribution in [0.1, 0.15) is 29.8 Å². The highest BCUT2D eigenvalue weighted by molar-refractivity contribution is 5.92. The number of halogens is 1. The summed E-state index contributed by atoms with van der Waals surface area (Å²) in [6.07, 6.45) is 0. The number of hydrogen-bond acceptors (Lipinski definition) is 3. The van der Waals surface area contributed by atoms with Crippen LogP contribution in [0.15, 0.2) is 12.1 Å². The van der Waals surface area contributed by atoms with E-state index >= 15 is 0 Å². The number of esters is 1. The summed E-state index contributed by atoms with van der Waals surface area (Å²) in [7, 11) is 2.64. The number of ether oxygens (including phenoxy) is 2. The predicted molar refractivity (Wildman–Crippen MR) is 60.4 cm³/mol. The highest BCUT2D eigenvalue weighted by atomic mass is 19.1. The van der Waals surface area contributed by atoms with Crippen LogP contribution in [-0.2, 0) is 4.74 Å². The second-order valence-corrected chi connectivity index (χ2v) is 2.79. The minimum Gasteiger partial charge on any atom is -0.496 e. The Morgan fingerprint density at radius 1 is 1.25 bits per heavy atom. The van der Waals surface area contributed by atoms with E-state index in [1.807, 2.05) is 13.8 Å². The van der Waals surface area contributed by atoms with Gasteiger partial charge in [-0.3, -0.25) is 0 Å². The highest BCUT2D eigenvalue weighted by Gasteiger charge is 2.14. The molecule has 90 valence electrons. The van der Waals surface area contributed by atoms with E-state index in [1.165, 1.54) is 26.4 Å². The molecule has 0 radical (unpaired) electrons. The summed E-state index contributed by atoms with van der Waals surface area (Å²) in [6, 6.07) is 2.57. The Morgan fingerprint density at radius 2 is 1.81 bits per heavy atom. The van der Waals surface area contributed by atoms with Gasteiger partial charge in [-0.1, -0.05) is 13.8 Å². The van der Waals surface area contributed by atoms with Gasteiger partial charge in [-0.25, -0.2) is 9.18 Å². The molecule has 0 saturated carbocycles. The third-order valence-corrected chi connectivity index (χ3v) is 1.89. The summed E-state index contributed by atoms with van der Waals surface area (Å²) in [5.74, 6) is -0.764. The lowest BCUT2D eigenvalue weighted by atomic mass is 10.1. The molecule has 0 fully saturated rings. The van der Waals surface area contributed by atoms with Crippen LogP contribution >= 0.6 is 0 Å². The Morgan fingerprint density at radius 3 is 2.25 bits per heavy atom. The van der Waals surface area contributed by atoms with Gasteiger partial charge in [0.25, 0.3) is 0 Å². The molecule has 0 amide bonds. The molecule has 0 aliphatic heterocycles. The molecule has 0 aromatic heterocycles. The molecule has 0 spiro atoms. The van der Waals surface area contributed by atoms with E-state index in [2.05, 4.69) is 4.74 Å². The number of rotatable bonds is 2. The summed E-state index contributed by atoms with van der Waals surface area (Å²) >= 11 is 0. The van der Waals surface area contributed by atoms with Crippen LogP contribution in [0.25, 0.3) is 0 Å². The van der Waals surface area contributed by atoms with Crippen molar-refractivity contribution in [2.75, 3.05) is 14.2 Å². The Kier molecular flexibility index (Phi) is 6.15. The van der Waals surface area contributed by atoms with Crippen LogP contribution < -0.4 is 4.74 Å². The normalized spacial score (nSPS) is 8.88. The lowest BCUT2D eigenvalue weighted by molar-refractivity contribution is 0.0597. The maximum absolute atomic E-state index is 13.1. The fourth-order valence-corrected chi connectivity index (χ4v) is 1.10. The number of carbonyl (C=O) groups excluding carboxylic acids is 1. The smallest absolute Gasteiger partial charge is 0.341 e. The second kappa shape index (κ2) is 6.82. The minimum absolute atomic E-state index is 0.181. The van der Waals surface area contributed by atoms with E-state index in [0.717, 1.165) is 0 Å². The van der Waals surface area contributed by atoms with Crippen molar-refractivity contribution in [2.24, 2.45) is 0 Å². The molecule has 0 unspecified atom stereocenters. The summed E-state index contributed by atoms with van der Waals surface area (Å²) in [5.41, 5.74) is 0.611. The monoisotopic (exact) mass is 228 g/mol. The van der Waals surface area contributed by atoms with Crippen LogP contribution in [0.2, 0.25) is 0 Å². The molecule has 1 rings (SSSR count). The maximum atomic E-state index is 13.1. The summed E-state index contributed by atoms with van der Waals surface area (Å²) < 4.78 is 22.5. The average molecular weight is 228 g/mol. The molecule has 0 aliphatic rings. The van der Waals surface area contributed by atoms with Crippen LogP contribution in [0, 0.1) is 12.7 Å². The van der Waals surface area contributed by atoms with Gasteiger partial charge in [-0.15, -0.1) is 0 Å². The minimum atomic E-state index is -0.537. The van der Waals surface area contributed by atoms with Gasteiger partial charge in [0.1, 0.15) is 17.1 Å².